The predicted molar refractivity (Wildman–Crippen MR) is 135 cm³/mol. The first-order valence-electron chi connectivity index (χ1n) is 10.9. The number of sulfone groups is 1. The van der Waals surface area contributed by atoms with Gasteiger partial charge >= 0.3 is 0 Å². The Morgan fingerprint density at radius 1 is 1.00 bits per heavy atom. The third kappa shape index (κ3) is 11.0. The summed E-state index contributed by atoms with van der Waals surface area (Å²) < 4.78 is 22.3. The molecule has 0 spiro atoms. The highest BCUT2D eigenvalue weighted by Gasteiger charge is 2.35. The molecule has 12 heteroatoms. The highest BCUT2D eigenvalue weighted by atomic mass is 35.5. The molecule has 2 atom stereocenters. The maximum Gasteiger partial charge on any atom is 0.243 e. The topological polar surface area (TPSA) is 133 Å². The lowest BCUT2D eigenvalue weighted by Crippen LogP contribution is -2.56. The van der Waals surface area contributed by atoms with E-state index in [4.69, 9.17) is 23.2 Å². The SMILES string of the molecule is CCN[C@H](C(=O)N[C@H](C(=O)NCC(=O)NCCCS(C)(=O)=O)C(C)(C)C)c1cc(Cl)cc(Cl)c1. The Labute approximate surface area is 211 Å². The average molecular weight is 538 g/mol. The molecule has 0 unspecified atom stereocenters. The van der Waals surface area contributed by atoms with Crippen LogP contribution >= 0.6 is 23.2 Å². The van der Waals surface area contributed by atoms with Gasteiger partial charge < -0.3 is 21.3 Å². The van der Waals surface area contributed by atoms with Crippen molar-refractivity contribution >= 4 is 50.8 Å². The van der Waals surface area contributed by atoms with E-state index in [1.165, 1.54) is 0 Å². The van der Waals surface area contributed by atoms with E-state index in [9.17, 15) is 22.8 Å². The predicted octanol–water partition coefficient (Wildman–Crippen LogP) is 1.84. The van der Waals surface area contributed by atoms with Gasteiger partial charge in [0.1, 0.15) is 21.9 Å². The van der Waals surface area contributed by atoms with Gasteiger partial charge in [-0.1, -0.05) is 50.9 Å². The van der Waals surface area contributed by atoms with Crippen molar-refractivity contribution in [1.29, 1.82) is 0 Å². The number of carbonyl (C=O) groups is 3. The number of hydrogen-bond donors (Lipinski definition) is 4. The standard InChI is InChI=1S/C22H34Cl2N4O5S/c1-6-25-18(14-10-15(23)12-16(24)11-14)20(30)28-19(22(2,3)4)21(31)27-13-17(29)26-8-7-9-34(5,32)33/h10-12,18-19,25H,6-9,13H2,1-5H3,(H,26,29)(H,27,31)(H,28,30)/t18-,19+/m0/s1. The van der Waals surface area contributed by atoms with Crippen molar-refractivity contribution in [2.24, 2.45) is 5.41 Å². The van der Waals surface area contributed by atoms with Crippen molar-refractivity contribution in [3.63, 3.8) is 0 Å². The summed E-state index contributed by atoms with van der Waals surface area (Å²) in [6, 6.07) is 3.08. The summed E-state index contributed by atoms with van der Waals surface area (Å²) in [5, 5.41) is 11.7. The third-order valence-corrected chi connectivity index (χ3v) is 6.21. The molecule has 0 aromatic heterocycles. The first-order chi connectivity index (χ1) is 15.6. The second kappa shape index (κ2) is 13.3. The number of rotatable bonds is 12. The van der Waals surface area contributed by atoms with Gasteiger partial charge in [0.15, 0.2) is 0 Å². The molecule has 9 nitrogen and oxygen atoms in total. The first-order valence-corrected chi connectivity index (χ1v) is 13.7. The summed E-state index contributed by atoms with van der Waals surface area (Å²) in [4.78, 5) is 38.0. The molecule has 0 fully saturated rings. The van der Waals surface area contributed by atoms with Crippen LogP contribution in [0.3, 0.4) is 0 Å². The van der Waals surface area contributed by atoms with E-state index >= 15 is 0 Å². The second-order valence-corrected chi connectivity index (χ2v) is 12.2. The fourth-order valence-corrected chi connectivity index (χ4v) is 4.31. The molecule has 34 heavy (non-hydrogen) atoms. The minimum atomic E-state index is -3.10. The third-order valence-electron chi connectivity index (χ3n) is 4.74. The van der Waals surface area contributed by atoms with E-state index in [1.807, 2.05) is 6.92 Å². The molecule has 0 aliphatic rings. The Kier molecular flexibility index (Phi) is 11.8. The van der Waals surface area contributed by atoms with Crippen LogP contribution in [0.2, 0.25) is 10.0 Å². The van der Waals surface area contributed by atoms with Crippen molar-refractivity contribution < 1.29 is 22.8 Å². The molecule has 1 aromatic rings. The first kappa shape index (κ1) is 30.2. The van der Waals surface area contributed by atoms with Crippen molar-refractivity contribution in [3.8, 4) is 0 Å². The van der Waals surface area contributed by atoms with E-state index in [1.54, 1.807) is 39.0 Å². The van der Waals surface area contributed by atoms with Gasteiger partial charge in [-0.25, -0.2) is 8.42 Å². The fourth-order valence-electron chi connectivity index (χ4n) is 3.10. The monoisotopic (exact) mass is 536 g/mol. The lowest BCUT2D eigenvalue weighted by Gasteiger charge is -2.32. The van der Waals surface area contributed by atoms with E-state index in [0.29, 0.717) is 22.2 Å². The van der Waals surface area contributed by atoms with Crippen LogP contribution in [-0.4, -0.2) is 63.8 Å². The molecule has 4 N–H and O–H groups in total. The van der Waals surface area contributed by atoms with Gasteiger partial charge in [-0.15, -0.1) is 0 Å². The lowest BCUT2D eigenvalue weighted by molar-refractivity contribution is -0.133. The van der Waals surface area contributed by atoms with E-state index in [2.05, 4.69) is 21.3 Å². The van der Waals surface area contributed by atoms with Crippen LogP contribution in [0.1, 0.15) is 45.7 Å². The highest BCUT2D eigenvalue weighted by molar-refractivity contribution is 7.90. The van der Waals surface area contributed by atoms with Gasteiger partial charge in [0.2, 0.25) is 17.7 Å². The van der Waals surface area contributed by atoms with E-state index < -0.39 is 45.1 Å². The minimum Gasteiger partial charge on any atom is -0.355 e. The van der Waals surface area contributed by atoms with Crippen molar-refractivity contribution in [3.05, 3.63) is 33.8 Å². The number of benzene rings is 1. The number of carbonyl (C=O) groups excluding carboxylic acids is 3. The van der Waals surface area contributed by atoms with Gasteiger partial charge in [-0.05, 0) is 42.1 Å². The van der Waals surface area contributed by atoms with Gasteiger partial charge in [0, 0.05) is 22.8 Å². The minimum absolute atomic E-state index is 0.0391. The molecule has 0 heterocycles. The Hall–Kier alpha value is -1.88. The zero-order chi connectivity index (χ0) is 26.1. The zero-order valence-electron chi connectivity index (χ0n) is 20.1. The smallest absolute Gasteiger partial charge is 0.243 e. The number of nitrogens with one attached hydrogen (secondary N) is 4. The molecule has 3 amide bonds. The zero-order valence-corrected chi connectivity index (χ0v) is 22.5. The fraction of sp³-hybridized carbons (Fsp3) is 0.591. The molecule has 192 valence electrons. The van der Waals surface area contributed by atoms with Crippen LogP contribution in [0.5, 0.6) is 0 Å². The molecule has 1 aromatic carbocycles. The molecule has 0 aliphatic heterocycles. The molecule has 0 saturated carbocycles. The lowest BCUT2D eigenvalue weighted by atomic mass is 9.85. The molecule has 0 aliphatic carbocycles. The molecular formula is C22H34Cl2N4O5S. The normalized spacial score (nSPS) is 13.6. The molecule has 0 radical (unpaired) electrons. The summed E-state index contributed by atoms with van der Waals surface area (Å²) in [5.74, 6) is -1.46. The Bertz CT molecular complexity index is 960. The second-order valence-electron chi connectivity index (χ2n) is 9.05. The maximum absolute atomic E-state index is 13.1. The number of hydrogen-bond acceptors (Lipinski definition) is 6. The Morgan fingerprint density at radius 3 is 2.09 bits per heavy atom. The van der Waals surface area contributed by atoms with E-state index in [0.717, 1.165) is 6.26 Å². The summed E-state index contributed by atoms with van der Waals surface area (Å²) in [6.45, 7) is 7.57. The molecular weight excluding hydrogens is 503 g/mol. The summed E-state index contributed by atoms with van der Waals surface area (Å²) in [5.41, 5.74) is -0.104. The Balaban J connectivity index is 2.83. The average Bonchev–Trinajstić information content (AvgIpc) is 2.69. The van der Waals surface area contributed by atoms with E-state index in [-0.39, 0.29) is 25.3 Å². The largest absolute Gasteiger partial charge is 0.355 e. The Morgan fingerprint density at radius 2 is 1.59 bits per heavy atom. The number of halogens is 2. The number of amides is 3. The highest BCUT2D eigenvalue weighted by Crippen LogP contribution is 2.25. The molecule has 0 bridgehead atoms. The summed E-state index contributed by atoms with van der Waals surface area (Å²) in [7, 11) is -3.10. The van der Waals surface area contributed by atoms with Gasteiger partial charge in [-0.2, -0.15) is 0 Å². The quantitative estimate of drug-likeness (QED) is 0.301. The summed E-state index contributed by atoms with van der Waals surface area (Å²) >= 11 is 12.2. The van der Waals surface area contributed by atoms with Crippen molar-refractivity contribution in [1.82, 2.24) is 21.3 Å². The van der Waals surface area contributed by atoms with Gasteiger partial charge in [-0.3, -0.25) is 14.4 Å². The van der Waals surface area contributed by atoms with Crippen LogP contribution in [0, 0.1) is 5.41 Å². The van der Waals surface area contributed by atoms with Crippen LogP contribution in [-0.2, 0) is 24.2 Å². The van der Waals surface area contributed by atoms with Crippen molar-refractivity contribution in [2.75, 3.05) is 31.6 Å². The van der Waals surface area contributed by atoms with Crippen LogP contribution in [0.15, 0.2) is 18.2 Å². The molecule has 0 saturated heterocycles. The van der Waals surface area contributed by atoms with Crippen molar-refractivity contribution in [2.45, 2.75) is 46.2 Å². The number of likely N-dealkylation sites (N-methyl/N-ethyl adjacent to an activating group) is 1. The van der Waals surface area contributed by atoms with Gasteiger partial charge in [0.05, 0.1) is 12.3 Å². The van der Waals surface area contributed by atoms with Crippen LogP contribution in [0.25, 0.3) is 0 Å². The summed E-state index contributed by atoms with van der Waals surface area (Å²) in [6.07, 6.45) is 1.40. The van der Waals surface area contributed by atoms with Gasteiger partial charge in [0.25, 0.3) is 0 Å². The van der Waals surface area contributed by atoms with Crippen LogP contribution in [0.4, 0.5) is 0 Å². The maximum atomic E-state index is 13.1. The molecule has 1 rings (SSSR count). The van der Waals surface area contributed by atoms with Crippen LogP contribution < -0.4 is 21.3 Å².